The predicted octanol–water partition coefficient (Wildman–Crippen LogP) is 1.03. The molecule has 1 aromatic carbocycles. The molecule has 7 heteroatoms. The number of carboxylic acid groups (broad SMARTS) is 1. The Hall–Kier alpha value is -1.35. The number of hydrogen-bond donors (Lipinski definition) is 2. The molecule has 1 amide bonds. The molecule has 1 heterocycles. The second kappa shape index (κ2) is 6.40. The van der Waals surface area contributed by atoms with Crippen LogP contribution in [-0.2, 0) is 14.3 Å². The first-order chi connectivity index (χ1) is 9.52. The number of halogens is 1. The first kappa shape index (κ1) is 15.0. The van der Waals surface area contributed by atoms with Crippen molar-refractivity contribution in [3.05, 3.63) is 27.8 Å². The van der Waals surface area contributed by atoms with Crippen molar-refractivity contribution in [3.8, 4) is 5.75 Å². The molecule has 1 atom stereocenters. The average molecular weight is 391 g/mol. The highest BCUT2D eigenvalue weighted by atomic mass is 127. The molecule has 20 heavy (non-hydrogen) atoms. The third-order valence-corrected chi connectivity index (χ3v) is 3.71. The molecule has 0 bridgehead atoms. The van der Waals surface area contributed by atoms with E-state index in [1.54, 1.807) is 12.1 Å². The largest absolute Gasteiger partial charge is 0.484 e. The average Bonchev–Trinajstić information content (AvgIpc) is 2.88. The van der Waals surface area contributed by atoms with Crippen LogP contribution in [0.5, 0.6) is 5.75 Å². The van der Waals surface area contributed by atoms with Gasteiger partial charge < -0.3 is 19.9 Å². The molecule has 0 spiro atoms. The lowest BCUT2D eigenvalue weighted by atomic mass is 9.99. The Labute approximate surface area is 129 Å². The van der Waals surface area contributed by atoms with Crippen LogP contribution in [0.25, 0.3) is 0 Å². The number of aliphatic carboxylic acids is 1. The third-order valence-electron chi connectivity index (χ3n) is 2.99. The topological polar surface area (TPSA) is 84.9 Å². The zero-order valence-corrected chi connectivity index (χ0v) is 12.8. The van der Waals surface area contributed by atoms with Crippen LogP contribution in [0.15, 0.2) is 24.3 Å². The van der Waals surface area contributed by atoms with E-state index in [2.05, 4.69) is 27.9 Å². The summed E-state index contributed by atoms with van der Waals surface area (Å²) in [6, 6.07) is 7.22. The van der Waals surface area contributed by atoms with Gasteiger partial charge in [-0.15, -0.1) is 0 Å². The maximum absolute atomic E-state index is 11.8. The fraction of sp³-hybridized carbons (Fsp3) is 0.385. The molecule has 108 valence electrons. The zero-order chi connectivity index (χ0) is 14.6. The molecule has 1 aliphatic rings. The number of rotatable bonds is 5. The number of benzene rings is 1. The second-order valence-corrected chi connectivity index (χ2v) is 5.73. The SMILES string of the molecule is O=C(COc1ccc(I)cc1)NC1(C(=O)O)CCOC1. The van der Waals surface area contributed by atoms with Crippen molar-refractivity contribution in [3.63, 3.8) is 0 Å². The maximum atomic E-state index is 11.8. The van der Waals surface area contributed by atoms with Crippen molar-refractivity contribution in [2.24, 2.45) is 0 Å². The number of carbonyl (C=O) groups is 2. The molecule has 1 fully saturated rings. The lowest BCUT2D eigenvalue weighted by Crippen LogP contribution is -2.56. The highest BCUT2D eigenvalue weighted by molar-refractivity contribution is 14.1. The molecule has 1 saturated heterocycles. The van der Waals surface area contributed by atoms with Gasteiger partial charge in [-0.3, -0.25) is 4.79 Å². The number of ether oxygens (including phenoxy) is 2. The molecule has 1 aromatic rings. The molecule has 2 rings (SSSR count). The molecule has 6 nitrogen and oxygen atoms in total. The number of carboxylic acids is 1. The molecule has 2 N–H and O–H groups in total. The minimum Gasteiger partial charge on any atom is -0.484 e. The Balaban J connectivity index is 1.89. The van der Waals surface area contributed by atoms with E-state index in [1.807, 2.05) is 12.1 Å². The van der Waals surface area contributed by atoms with Crippen LogP contribution in [0.4, 0.5) is 0 Å². The Morgan fingerprint density at radius 1 is 1.40 bits per heavy atom. The van der Waals surface area contributed by atoms with E-state index in [4.69, 9.17) is 9.47 Å². The van der Waals surface area contributed by atoms with E-state index in [0.717, 1.165) is 3.57 Å². The van der Waals surface area contributed by atoms with Crippen LogP contribution in [0.3, 0.4) is 0 Å². The number of hydrogen-bond acceptors (Lipinski definition) is 4. The number of amides is 1. The summed E-state index contributed by atoms with van der Waals surface area (Å²) in [6.07, 6.45) is 0.262. The highest BCUT2D eigenvalue weighted by Gasteiger charge is 2.43. The lowest BCUT2D eigenvalue weighted by Gasteiger charge is -2.23. The quantitative estimate of drug-likeness (QED) is 0.733. The van der Waals surface area contributed by atoms with Crippen LogP contribution < -0.4 is 10.1 Å². The van der Waals surface area contributed by atoms with Crippen LogP contribution in [0, 0.1) is 3.57 Å². The first-order valence-electron chi connectivity index (χ1n) is 6.02. The van der Waals surface area contributed by atoms with Crippen LogP contribution >= 0.6 is 22.6 Å². The van der Waals surface area contributed by atoms with Crippen LogP contribution in [0.2, 0.25) is 0 Å². The fourth-order valence-electron chi connectivity index (χ4n) is 1.87. The molecule has 1 unspecified atom stereocenters. The Morgan fingerprint density at radius 2 is 2.10 bits per heavy atom. The van der Waals surface area contributed by atoms with Gasteiger partial charge in [0.2, 0.25) is 0 Å². The minimum absolute atomic E-state index is 0.0163. The van der Waals surface area contributed by atoms with E-state index in [0.29, 0.717) is 12.4 Å². The zero-order valence-electron chi connectivity index (χ0n) is 10.6. The number of carbonyl (C=O) groups excluding carboxylic acids is 1. The van der Waals surface area contributed by atoms with E-state index >= 15 is 0 Å². The fourth-order valence-corrected chi connectivity index (χ4v) is 2.23. The Kier molecular flexibility index (Phi) is 4.81. The monoisotopic (exact) mass is 391 g/mol. The van der Waals surface area contributed by atoms with Gasteiger partial charge in [0.1, 0.15) is 5.75 Å². The van der Waals surface area contributed by atoms with Crippen molar-refractivity contribution in [2.45, 2.75) is 12.0 Å². The van der Waals surface area contributed by atoms with Gasteiger partial charge in [-0.25, -0.2) is 4.79 Å². The number of nitrogens with one attached hydrogen (secondary N) is 1. The summed E-state index contributed by atoms with van der Waals surface area (Å²) in [4.78, 5) is 23.0. The highest BCUT2D eigenvalue weighted by Crippen LogP contribution is 2.19. The van der Waals surface area contributed by atoms with Crippen molar-refractivity contribution in [1.82, 2.24) is 5.32 Å². The molecular formula is C13H14INO5. The van der Waals surface area contributed by atoms with Crippen molar-refractivity contribution < 1.29 is 24.2 Å². The molecule has 0 aromatic heterocycles. The van der Waals surface area contributed by atoms with Crippen molar-refractivity contribution in [2.75, 3.05) is 19.8 Å². The van der Waals surface area contributed by atoms with E-state index in [-0.39, 0.29) is 19.6 Å². The lowest BCUT2D eigenvalue weighted by molar-refractivity contribution is -0.148. The predicted molar refractivity (Wildman–Crippen MR) is 78.6 cm³/mol. The summed E-state index contributed by atoms with van der Waals surface area (Å²) in [5.41, 5.74) is -1.33. The van der Waals surface area contributed by atoms with E-state index in [9.17, 15) is 14.7 Å². The van der Waals surface area contributed by atoms with Gasteiger partial charge in [-0.05, 0) is 46.9 Å². The van der Waals surface area contributed by atoms with Gasteiger partial charge in [0.15, 0.2) is 12.1 Å². The third kappa shape index (κ3) is 3.60. The van der Waals surface area contributed by atoms with Gasteiger partial charge in [0.05, 0.1) is 6.61 Å². The standard InChI is InChI=1S/C13H14INO5/c14-9-1-3-10(4-2-9)20-7-11(16)15-13(12(17)18)5-6-19-8-13/h1-4H,5-8H2,(H,15,16)(H,17,18). The Morgan fingerprint density at radius 3 is 2.65 bits per heavy atom. The van der Waals surface area contributed by atoms with Crippen molar-refractivity contribution >= 4 is 34.5 Å². The van der Waals surface area contributed by atoms with Gasteiger partial charge in [0, 0.05) is 16.6 Å². The molecule has 1 aliphatic heterocycles. The molecular weight excluding hydrogens is 377 g/mol. The van der Waals surface area contributed by atoms with Gasteiger partial charge in [0.25, 0.3) is 5.91 Å². The van der Waals surface area contributed by atoms with Crippen molar-refractivity contribution in [1.29, 1.82) is 0 Å². The van der Waals surface area contributed by atoms with Gasteiger partial charge in [-0.2, -0.15) is 0 Å². The summed E-state index contributed by atoms with van der Waals surface area (Å²) >= 11 is 2.17. The maximum Gasteiger partial charge on any atom is 0.331 e. The molecule has 0 saturated carbocycles. The summed E-state index contributed by atoms with van der Waals surface area (Å²) in [7, 11) is 0. The normalized spacial score (nSPS) is 21.4. The summed E-state index contributed by atoms with van der Waals surface area (Å²) < 4.78 is 11.4. The summed E-state index contributed by atoms with van der Waals surface area (Å²) in [5, 5.41) is 11.7. The molecule has 0 aliphatic carbocycles. The minimum atomic E-state index is -1.33. The Bertz CT molecular complexity index is 496. The van der Waals surface area contributed by atoms with E-state index in [1.165, 1.54) is 0 Å². The first-order valence-corrected chi connectivity index (χ1v) is 7.10. The van der Waals surface area contributed by atoms with Gasteiger partial charge >= 0.3 is 5.97 Å². The van der Waals surface area contributed by atoms with Crippen LogP contribution in [-0.4, -0.2) is 42.3 Å². The van der Waals surface area contributed by atoms with Crippen LogP contribution in [0.1, 0.15) is 6.42 Å². The van der Waals surface area contributed by atoms with E-state index < -0.39 is 17.4 Å². The summed E-state index contributed by atoms with van der Waals surface area (Å²) in [6.45, 7) is 0.0811. The second-order valence-electron chi connectivity index (χ2n) is 4.48. The van der Waals surface area contributed by atoms with Gasteiger partial charge in [-0.1, -0.05) is 0 Å². The summed E-state index contributed by atoms with van der Waals surface area (Å²) in [5.74, 6) is -0.998. The smallest absolute Gasteiger partial charge is 0.331 e. The molecule has 0 radical (unpaired) electrons.